The third-order valence-corrected chi connectivity index (χ3v) is 6.01. The highest BCUT2D eigenvalue weighted by Crippen LogP contribution is 2.48. The monoisotopic (exact) mass is 324 g/mol. The van der Waals surface area contributed by atoms with Gasteiger partial charge in [0, 0.05) is 12.1 Å². The van der Waals surface area contributed by atoms with Crippen molar-refractivity contribution in [3.8, 4) is 6.07 Å². The molecule has 4 atom stereocenters. The lowest BCUT2D eigenvalue weighted by atomic mass is 9.82. The molecule has 4 aliphatic rings. The lowest BCUT2D eigenvalue weighted by molar-refractivity contribution is -0.147. The van der Waals surface area contributed by atoms with Gasteiger partial charge < -0.3 is 10.4 Å². The summed E-state index contributed by atoms with van der Waals surface area (Å²) in [6, 6.07) is 2.25. The average Bonchev–Trinajstić information content (AvgIpc) is 3.26. The van der Waals surface area contributed by atoms with E-state index in [-0.39, 0.29) is 17.7 Å². The molecule has 4 aliphatic carbocycles. The molecule has 1 saturated carbocycles. The maximum Gasteiger partial charge on any atom is 0.307 e. The normalized spacial score (nSPS) is 33.6. The summed E-state index contributed by atoms with van der Waals surface area (Å²) in [5.41, 5.74) is 3.69. The molecule has 2 N–H and O–H groups in total. The van der Waals surface area contributed by atoms with Crippen molar-refractivity contribution < 1.29 is 14.7 Å². The van der Waals surface area contributed by atoms with Crippen LogP contribution >= 0.6 is 0 Å². The Hall–Kier alpha value is -2.35. The van der Waals surface area contributed by atoms with E-state index in [1.165, 1.54) is 5.57 Å². The fourth-order valence-electron chi connectivity index (χ4n) is 4.94. The van der Waals surface area contributed by atoms with E-state index in [1.807, 2.05) is 12.2 Å². The van der Waals surface area contributed by atoms with Crippen LogP contribution in [0.25, 0.3) is 0 Å². The molecule has 0 aromatic carbocycles. The molecule has 4 unspecified atom stereocenters. The summed E-state index contributed by atoms with van der Waals surface area (Å²) in [5, 5.41) is 21.9. The minimum atomic E-state index is -0.898. The van der Waals surface area contributed by atoms with Crippen molar-refractivity contribution in [2.45, 2.75) is 38.5 Å². The van der Waals surface area contributed by atoms with E-state index in [0.717, 1.165) is 37.7 Å². The van der Waals surface area contributed by atoms with Crippen LogP contribution < -0.4 is 5.32 Å². The highest BCUT2D eigenvalue weighted by atomic mass is 16.4. The molecular weight excluding hydrogens is 304 g/mol. The lowest BCUT2D eigenvalue weighted by Gasteiger charge is -2.24. The Balaban J connectivity index is 1.56. The first kappa shape index (κ1) is 15.2. The number of aliphatic carboxylic acids is 1. The zero-order valence-corrected chi connectivity index (χ0v) is 13.4. The maximum absolute atomic E-state index is 12.8. The number of carboxylic acid groups (broad SMARTS) is 1. The first-order valence-corrected chi connectivity index (χ1v) is 8.66. The van der Waals surface area contributed by atoms with Crippen molar-refractivity contribution in [2.75, 3.05) is 0 Å². The van der Waals surface area contributed by atoms with Gasteiger partial charge in [0.05, 0.1) is 17.4 Å². The SMILES string of the molecule is N#CC1=C(NC(=O)C2C3C=CC(C3)C2C(=O)O)CC2=C1CCCC2. The van der Waals surface area contributed by atoms with Gasteiger partial charge in [0.1, 0.15) is 6.07 Å². The van der Waals surface area contributed by atoms with Gasteiger partial charge in [0.15, 0.2) is 0 Å². The number of allylic oxidation sites excluding steroid dienone is 5. The number of carbonyl (C=O) groups is 2. The molecule has 0 aliphatic heterocycles. The van der Waals surface area contributed by atoms with Gasteiger partial charge in [-0.25, -0.2) is 0 Å². The Kier molecular flexibility index (Phi) is 3.56. The zero-order valence-electron chi connectivity index (χ0n) is 13.4. The van der Waals surface area contributed by atoms with E-state index >= 15 is 0 Å². The fourth-order valence-corrected chi connectivity index (χ4v) is 4.94. The molecule has 0 aromatic rings. The minimum Gasteiger partial charge on any atom is -0.481 e. The second-order valence-corrected chi connectivity index (χ2v) is 7.26. The molecule has 0 spiro atoms. The molecule has 124 valence electrons. The number of hydrogen-bond donors (Lipinski definition) is 2. The first-order chi connectivity index (χ1) is 11.6. The number of nitrogens with zero attached hydrogens (tertiary/aromatic N) is 1. The molecule has 24 heavy (non-hydrogen) atoms. The van der Waals surface area contributed by atoms with Gasteiger partial charge in [-0.1, -0.05) is 17.7 Å². The van der Waals surface area contributed by atoms with Crippen molar-refractivity contribution in [1.82, 2.24) is 5.32 Å². The van der Waals surface area contributed by atoms with E-state index in [0.29, 0.717) is 17.7 Å². The van der Waals surface area contributed by atoms with E-state index in [9.17, 15) is 20.0 Å². The van der Waals surface area contributed by atoms with Crippen molar-refractivity contribution in [2.24, 2.45) is 23.7 Å². The number of carbonyl (C=O) groups excluding carboxylic acids is 1. The second-order valence-electron chi connectivity index (χ2n) is 7.26. The fraction of sp³-hybridized carbons (Fsp3) is 0.526. The van der Waals surface area contributed by atoms with Crippen molar-refractivity contribution in [3.63, 3.8) is 0 Å². The van der Waals surface area contributed by atoms with Gasteiger partial charge in [0.25, 0.3) is 0 Å². The van der Waals surface area contributed by atoms with Gasteiger partial charge in [-0.15, -0.1) is 0 Å². The van der Waals surface area contributed by atoms with Crippen LogP contribution in [0.1, 0.15) is 38.5 Å². The van der Waals surface area contributed by atoms with Gasteiger partial charge in [-0.3, -0.25) is 9.59 Å². The van der Waals surface area contributed by atoms with Crippen molar-refractivity contribution in [3.05, 3.63) is 34.6 Å². The third kappa shape index (κ3) is 2.21. The highest BCUT2D eigenvalue weighted by Gasteiger charge is 2.51. The summed E-state index contributed by atoms with van der Waals surface area (Å²) in [5.74, 6) is -2.33. The summed E-state index contributed by atoms with van der Waals surface area (Å²) >= 11 is 0. The molecule has 5 heteroatoms. The molecule has 0 saturated heterocycles. The predicted octanol–water partition coefficient (Wildman–Crippen LogP) is 2.68. The predicted molar refractivity (Wildman–Crippen MR) is 86.2 cm³/mol. The molecular formula is C19H20N2O3. The Morgan fingerprint density at radius 1 is 1.17 bits per heavy atom. The Labute approximate surface area is 140 Å². The van der Waals surface area contributed by atoms with E-state index in [1.54, 1.807) is 0 Å². The first-order valence-electron chi connectivity index (χ1n) is 8.66. The van der Waals surface area contributed by atoms with Crippen LogP contribution in [0, 0.1) is 35.0 Å². The quantitative estimate of drug-likeness (QED) is 0.781. The highest BCUT2D eigenvalue weighted by molar-refractivity contribution is 5.88. The number of carboxylic acids is 1. The Morgan fingerprint density at radius 2 is 1.88 bits per heavy atom. The van der Waals surface area contributed by atoms with Crippen molar-refractivity contribution in [1.29, 1.82) is 5.26 Å². The van der Waals surface area contributed by atoms with Crippen LogP contribution in [0.4, 0.5) is 0 Å². The van der Waals surface area contributed by atoms with E-state index in [2.05, 4.69) is 11.4 Å². The molecule has 4 rings (SSSR count). The number of fused-ring (bicyclic) bond motifs is 2. The second kappa shape index (κ2) is 5.62. The summed E-state index contributed by atoms with van der Waals surface area (Å²) in [4.78, 5) is 24.4. The molecule has 2 bridgehead atoms. The Morgan fingerprint density at radius 3 is 2.58 bits per heavy atom. The molecule has 1 amide bonds. The third-order valence-electron chi connectivity index (χ3n) is 6.01. The van der Waals surface area contributed by atoms with Crippen LogP contribution in [-0.2, 0) is 9.59 Å². The molecule has 0 heterocycles. The largest absolute Gasteiger partial charge is 0.481 e. The van der Waals surface area contributed by atoms with Gasteiger partial charge in [0.2, 0.25) is 5.91 Å². The van der Waals surface area contributed by atoms with Gasteiger partial charge >= 0.3 is 5.97 Å². The summed E-state index contributed by atoms with van der Waals surface area (Å²) in [6.45, 7) is 0. The topological polar surface area (TPSA) is 90.2 Å². The number of nitrogens with one attached hydrogen (secondary N) is 1. The lowest BCUT2D eigenvalue weighted by Crippen LogP contribution is -2.39. The standard InChI is InChI=1S/C19H20N2O3/c20-9-14-13-4-2-1-3-10(13)8-15(14)21-18(22)16-11-5-6-12(7-11)17(16)19(23)24/h5-6,11-12,16-17H,1-4,7-8H2,(H,21,22)(H,23,24). The molecule has 0 radical (unpaired) electrons. The van der Waals surface area contributed by atoms with Crippen LogP contribution in [0.2, 0.25) is 0 Å². The van der Waals surface area contributed by atoms with Gasteiger partial charge in [-0.2, -0.15) is 5.26 Å². The summed E-state index contributed by atoms with van der Waals surface area (Å²) < 4.78 is 0. The van der Waals surface area contributed by atoms with Gasteiger partial charge in [-0.05, 0) is 49.5 Å². The number of amides is 1. The zero-order chi connectivity index (χ0) is 16.8. The number of nitriles is 1. The van der Waals surface area contributed by atoms with Crippen molar-refractivity contribution >= 4 is 11.9 Å². The molecule has 0 aromatic heterocycles. The van der Waals surface area contributed by atoms with Crippen LogP contribution in [0.5, 0.6) is 0 Å². The molecule has 5 nitrogen and oxygen atoms in total. The average molecular weight is 324 g/mol. The Bertz CT molecular complexity index is 753. The molecule has 1 fully saturated rings. The van der Waals surface area contributed by atoms with Crippen LogP contribution in [0.15, 0.2) is 34.6 Å². The maximum atomic E-state index is 12.8. The van der Waals surface area contributed by atoms with E-state index < -0.39 is 17.8 Å². The minimum absolute atomic E-state index is 0.00576. The smallest absolute Gasteiger partial charge is 0.307 e. The van der Waals surface area contributed by atoms with Crippen LogP contribution in [0.3, 0.4) is 0 Å². The number of hydrogen-bond acceptors (Lipinski definition) is 3. The van der Waals surface area contributed by atoms with E-state index in [4.69, 9.17) is 0 Å². The van der Waals surface area contributed by atoms with Crippen LogP contribution in [-0.4, -0.2) is 17.0 Å². The number of rotatable bonds is 3. The summed E-state index contributed by atoms with van der Waals surface area (Å²) in [7, 11) is 0. The summed E-state index contributed by atoms with van der Waals surface area (Å²) in [6.07, 6.45) is 9.42.